The second kappa shape index (κ2) is 5.89. The predicted molar refractivity (Wildman–Crippen MR) is 78.1 cm³/mol. The number of aromatic amines is 1. The van der Waals surface area contributed by atoms with Gasteiger partial charge in [-0.05, 0) is 49.5 Å². The molecular weight excluding hydrogens is 236 g/mol. The second-order valence-corrected chi connectivity index (χ2v) is 5.14. The van der Waals surface area contributed by atoms with Gasteiger partial charge in [-0.2, -0.15) is 0 Å². The highest BCUT2D eigenvalue weighted by Gasteiger charge is 2.12. The summed E-state index contributed by atoms with van der Waals surface area (Å²) in [5.74, 6) is 0.751. The first-order chi connectivity index (χ1) is 9.42. The summed E-state index contributed by atoms with van der Waals surface area (Å²) in [5, 5.41) is 6.97. The van der Waals surface area contributed by atoms with Crippen LogP contribution >= 0.6 is 0 Å². The smallest absolute Gasteiger partial charge is 0.0924 e. The van der Waals surface area contributed by atoms with Crippen molar-refractivity contribution in [3.8, 4) is 11.3 Å². The maximum absolute atomic E-state index is 4.04. The third kappa shape index (κ3) is 3.15. The summed E-state index contributed by atoms with van der Waals surface area (Å²) in [4.78, 5) is 7.16. The van der Waals surface area contributed by atoms with E-state index in [2.05, 4.69) is 44.9 Å². The minimum absolute atomic E-state index is 0.751. The van der Waals surface area contributed by atoms with Gasteiger partial charge in [0.25, 0.3) is 0 Å². The quantitative estimate of drug-likeness (QED) is 0.787. The van der Waals surface area contributed by atoms with Crippen LogP contribution in [0.25, 0.3) is 11.3 Å². The van der Waals surface area contributed by atoms with E-state index < -0.39 is 0 Å². The zero-order valence-electron chi connectivity index (χ0n) is 11.0. The molecule has 1 fully saturated rings. The lowest BCUT2D eigenvalue weighted by molar-refractivity contribution is 0.393. The lowest BCUT2D eigenvalue weighted by atomic mass is 9.99. The number of hydrogen-bond donors (Lipinski definition) is 3. The van der Waals surface area contributed by atoms with Crippen molar-refractivity contribution >= 4 is 5.69 Å². The number of hydrogen-bond acceptors (Lipinski definition) is 3. The summed E-state index contributed by atoms with van der Waals surface area (Å²) >= 11 is 0. The minimum atomic E-state index is 0.751. The molecule has 4 nitrogen and oxygen atoms in total. The molecule has 3 N–H and O–H groups in total. The lowest BCUT2D eigenvalue weighted by Crippen LogP contribution is -2.33. The number of imidazole rings is 1. The number of anilines is 1. The summed E-state index contributed by atoms with van der Waals surface area (Å²) in [6, 6.07) is 8.50. The first kappa shape index (κ1) is 12.2. The molecular formula is C15H20N4. The molecule has 0 spiro atoms. The van der Waals surface area contributed by atoms with E-state index in [0.717, 1.165) is 24.7 Å². The van der Waals surface area contributed by atoms with Crippen LogP contribution in [0.3, 0.4) is 0 Å². The van der Waals surface area contributed by atoms with Gasteiger partial charge in [0.1, 0.15) is 0 Å². The standard InChI is InChI=1S/C15H20N4/c1-2-12(8-16-7-1)9-18-14-5-3-13(4-6-14)15-10-17-11-19-15/h3-6,10-12,16,18H,1-2,7-9H2,(H,17,19). The fourth-order valence-corrected chi connectivity index (χ4v) is 2.54. The van der Waals surface area contributed by atoms with Crippen molar-refractivity contribution in [2.24, 2.45) is 5.92 Å². The predicted octanol–water partition coefficient (Wildman–Crippen LogP) is 2.49. The fourth-order valence-electron chi connectivity index (χ4n) is 2.54. The monoisotopic (exact) mass is 256 g/mol. The van der Waals surface area contributed by atoms with E-state index >= 15 is 0 Å². The van der Waals surface area contributed by atoms with Crippen molar-refractivity contribution in [2.75, 3.05) is 25.0 Å². The van der Waals surface area contributed by atoms with Gasteiger partial charge >= 0.3 is 0 Å². The molecule has 0 amide bonds. The van der Waals surface area contributed by atoms with Crippen LogP contribution in [0.4, 0.5) is 5.69 Å². The van der Waals surface area contributed by atoms with Gasteiger partial charge in [-0.15, -0.1) is 0 Å². The number of nitrogens with zero attached hydrogens (tertiary/aromatic N) is 1. The molecule has 3 rings (SSSR count). The Labute approximate surface area is 113 Å². The van der Waals surface area contributed by atoms with Crippen LogP contribution in [0, 0.1) is 5.92 Å². The van der Waals surface area contributed by atoms with Crippen LogP contribution in [-0.2, 0) is 0 Å². The number of rotatable bonds is 4. The van der Waals surface area contributed by atoms with Crippen molar-refractivity contribution in [1.29, 1.82) is 0 Å². The Morgan fingerprint density at radius 2 is 2.16 bits per heavy atom. The fraction of sp³-hybridized carbons (Fsp3) is 0.400. The summed E-state index contributed by atoms with van der Waals surface area (Å²) in [5.41, 5.74) is 3.42. The molecule has 0 aliphatic carbocycles. The van der Waals surface area contributed by atoms with Crippen molar-refractivity contribution in [1.82, 2.24) is 15.3 Å². The Morgan fingerprint density at radius 3 is 2.84 bits per heavy atom. The lowest BCUT2D eigenvalue weighted by Gasteiger charge is -2.23. The molecule has 0 saturated carbocycles. The first-order valence-corrected chi connectivity index (χ1v) is 6.95. The van der Waals surface area contributed by atoms with Crippen molar-refractivity contribution < 1.29 is 0 Å². The molecule has 1 saturated heterocycles. The van der Waals surface area contributed by atoms with E-state index in [-0.39, 0.29) is 0 Å². The zero-order chi connectivity index (χ0) is 12.9. The average molecular weight is 256 g/mol. The van der Waals surface area contributed by atoms with Gasteiger partial charge < -0.3 is 15.6 Å². The van der Waals surface area contributed by atoms with Gasteiger partial charge in [-0.3, -0.25) is 0 Å². The number of benzene rings is 1. The average Bonchev–Trinajstić information content (AvgIpc) is 3.01. The number of piperidine rings is 1. The van der Waals surface area contributed by atoms with E-state index in [4.69, 9.17) is 0 Å². The topological polar surface area (TPSA) is 52.7 Å². The zero-order valence-corrected chi connectivity index (χ0v) is 11.0. The number of H-pyrrole nitrogens is 1. The molecule has 1 aromatic heterocycles. The Bertz CT molecular complexity index is 483. The minimum Gasteiger partial charge on any atom is -0.385 e. The van der Waals surface area contributed by atoms with Crippen molar-refractivity contribution in [2.45, 2.75) is 12.8 Å². The van der Waals surface area contributed by atoms with E-state index in [1.54, 1.807) is 6.33 Å². The van der Waals surface area contributed by atoms with Crippen LogP contribution in [0.15, 0.2) is 36.8 Å². The highest BCUT2D eigenvalue weighted by Crippen LogP contribution is 2.19. The normalized spacial score (nSPS) is 19.3. The molecule has 4 heteroatoms. The first-order valence-electron chi connectivity index (χ1n) is 6.95. The maximum Gasteiger partial charge on any atom is 0.0924 e. The molecule has 1 unspecified atom stereocenters. The molecule has 0 radical (unpaired) electrons. The van der Waals surface area contributed by atoms with E-state index in [0.29, 0.717) is 0 Å². The van der Waals surface area contributed by atoms with Crippen LogP contribution in [0.2, 0.25) is 0 Å². The summed E-state index contributed by atoms with van der Waals surface area (Å²) in [6.07, 6.45) is 6.17. The Hall–Kier alpha value is -1.81. The van der Waals surface area contributed by atoms with Gasteiger partial charge in [0.15, 0.2) is 0 Å². The highest BCUT2D eigenvalue weighted by molar-refractivity contribution is 5.61. The summed E-state index contributed by atoms with van der Waals surface area (Å²) in [7, 11) is 0. The second-order valence-electron chi connectivity index (χ2n) is 5.14. The molecule has 2 aromatic rings. The van der Waals surface area contributed by atoms with E-state index in [1.165, 1.54) is 30.6 Å². The Morgan fingerprint density at radius 1 is 1.26 bits per heavy atom. The van der Waals surface area contributed by atoms with Crippen LogP contribution in [0.5, 0.6) is 0 Å². The van der Waals surface area contributed by atoms with Crippen molar-refractivity contribution in [3.63, 3.8) is 0 Å². The van der Waals surface area contributed by atoms with Crippen LogP contribution in [-0.4, -0.2) is 29.6 Å². The largest absolute Gasteiger partial charge is 0.385 e. The van der Waals surface area contributed by atoms with Gasteiger partial charge in [-0.1, -0.05) is 12.1 Å². The molecule has 19 heavy (non-hydrogen) atoms. The Kier molecular flexibility index (Phi) is 3.79. The molecule has 0 bridgehead atoms. The third-order valence-electron chi connectivity index (χ3n) is 3.69. The highest BCUT2D eigenvalue weighted by atomic mass is 14.9. The SMILES string of the molecule is c1ncc(-c2ccc(NCC3CCCNC3)cc2)[nH]1. The molecule has 2 heterocycles. The molecule has 1 atom stereocenters. The van der Waals surface area contributed by atoms with E-state index in [1.807, 2.05) is 6.20 Å². The molecule has 1 aromatic carbocycles. The summed E-state index contributed by atoms with van der Waals surface area (Å²) in [6.45, 7) is 3.37. The molecule has 1 aliphatic heterocycles. The number of nitrogens with one attached hydrogen (secondary N) is 3. The molecule has 1 aliphatic rings. The molecule has 100 valence electrons. The van der Waals surface area contributed by atoms with Gasteiger partial charge in [-0.25, -0.2) is 4.98 Å². The summed E-state index contributed by atoms with van der Waals surface area (Å²) < 4.78 is 0. The Balaban J connectivity index is 1.57. The van der Waals surface area contributed by atoms with Crippen molar-refractivity contribution in [3.05, 3.63) is 36.8 Å². The van der Waals surface area contributed by atoms with Gasteiger partial charge in [0.05, 0.1) is 18.2 Å². The van der Waals surface area contributed by atoms with Gasteiger partial charge in [0, 0.05) is 12.2 Å². The van der Waals surface area contributed by atoms with Crippen LogP contribution in [0.1, 0.15) is 12.8 Å². The maximum atomic E-state index is 4.04. The number of aromatic nitrogens is 2. The van der Waals surface area contributed by atoms with Gasteiger partial charge in [0.2, 0.25) is 0 Å². The third-order valence-corrected chi connectivity index (χ3v) is 3.69. The van der Waals surface area contributed by atoms with E-state index in [9.17, 15) is 0 Å². The van der Waals surface area contributed by atoms with Crippen LogP contribution < -0.4 is 10.6 Å².